The van der Waals surface area contributed by atoms with Crippen molar-refractivity contribution in [2.45, 2.75) is 18.2 Å². The fraction of sp³-hybridized carbons (Fsp3) is 0.364. The first-order chi connectivity index (χ1) is 8.79. The zero-order valence-electron chi connectivity index (χ0n) is 10.2. The molecule has 106 valence electrons. The first-order valence-electron chi connectivity index (χ1n) is 5.43. The van der Waals surface area contributed by atoms with Gasteiger partial charge >= 0.3 is 5.97 Å². The molecule has 0 amide bonds. The quantitative estimate of drug-likeness (QED) is 0.666. The van der Waals surface area contributed by atoms with E-state index in [2.05, 4.69) is 20.7 Å². The van der Waals surface area contributed by atoms with Crippen LogP contribution in [0.1, 0.15) is 22.3 Å². The van der Waals surface area contributed by atoms with Crippen LogP contribution >= 0.6 is 15.9 Å². The van der Waals surface area contributed by atoms with Crippen LogP contribution in [0.2, 0.25) is 0 Å². The highest BCUT2D eigenvalue weighted by molar-refractivity contribution is 9.10. The van der Waals surface area contributed by atoms with Gasteiger partial charge in [-0.15, -0.1) is 0 Å². The number of hydrogen-bond acceptors (Lipinski definition) is 4. The predicted octanol–water partition coefficient (Wildman–Crippen LogP) is 1.12. The second kappa shape index (κ2) is 6.47. The summed E-state index contributed by atoms with van der Waals surface area (Å²) in [5, 5.41) is 17.6. The van der Waals surface area contributed by atoms with Gasteiger partial charge in [-0.05, 0) is 31.0 Å². The molecule has 3 N–H and O–H groups in total. The lowest BCUT2D eigenvalue weighted by Gasteiger charge is -2.10. The van der Waals surface area contributed by atoms with Gasteiger partial charge in [0.15, 0.2) is 0 Å². The number of benzene rings is 1. The fourth-order valence-electron chi connectivity index (χ4n) is 1.40. The van der Waals surface area contributed by atoms with Crippen LogP contribution in [0.5, 0.6) is 0 Å². The minimum absolute atomic E-state index is 0.0723. The van der Waals surface area contributed by atoms with Crippen molar-refractivity contribution in [1.82, 2.24) is 4.72 Å². The minimum atomic E-state index is -3.78. The molecule has 0 bridgehead atoms. The topological polar surface area (TPSA) is 104 Å². The average molecular weight is 352 g/mol. The number of carboxylic acid groups (broad SMARTS) is 1. The molecule has 0 unspecified atom stereocenters. The summed E-state index contributed by atoms with van der Waals surface area (Å²) >= 11 is 3.14. The number of aromatic carboxylic acids is 1. The Bertz CT molecular complexity index is 585. The maximum absolute atomic E-state index is 11.9. The Morgan fingerprint density at radius 1 is 1.42 bits per heavy atom. The van der Waals surface area contributed by atoms with Gasteiger partial charge < -0.3 is 10.2 Å². The standard InChI is InChI=1S/C11H14BrNO5S/c1-7-9(11(15)16)5-8(6-10(7)12)19(17,18)13-3-2-4-14/h5-6,13-14H,2-4H2,1H3,(H,15,16). The van der Waals surface area contributed by atoms with E-state index in [1.54, 1.807) is 6.92 Å². The number of hydrogen-bond donors (Lipinski definition) is 3. The molecule has 0 heterocycles. The Kier molecular flexibility index (Phi) is 5.48. The van der Waals surface area contributed by atoms with E-state index in [1.165, 1.54) is 6.07 Å². The van der Waals surface area contributed by atoms with E-state index < -0.39 is 16.0 Å². The van der Waals surface area contributed by atoms with Crippen LogP contribution in [0.4, 0.5) is 0 Å². The number of rotatable bonds is 6. The SMILES string of the molecule is Cc1c(Br)cc(S(=O)(=O)NCCCO)cc1C(=O)O. The van der Waals surface area contributed by atoms with Gasteiger partial charge in [-0.3, -0.25) is 0 Å². The number of aliphatic hydroxyl groups excluding tert-OH is 1. The van der Waals surface area contributed by atoms with Gasteiger partial charge in [-0.25, -0.2) is 17.9 Å². The van der Waals surface area contributed by atoms with Crippen LogP contribution in [0, 0.1) is 6.92 Å². The van der Waals surface area contributed by atoms with Crippen molar-refractivity contribution in [1.29, 1.82) is 0 Å². The van der Waals surface area contributed by atoms with Crippen LogP contribution < -0.4 is 4.72 Å². The fourth-order valence-corrected chi connectivity index (χ4v) is 3.14. The molecular weight excluding hydrogens is 338 g/mol. The third kappa shape index (κ3) is 4.00. The van der Waals surface area contributed by atoms with Crippen molar-refractivity contribution in [2.24, 2.45) is 0 Å². The average Bonchev–Trinajstić information content (AvgIpc) is 2.32. The zero-order valence-corrected chi connectivity index (χ0v) is 12.6. The highest BCUT2D eigenvalue weighted by atomic mass is 79.9. The summed E-state index contributed by atoms with van der Waals surface area (Å²) in [7, 11) is -3.78. The van der Waals surface area contributed by atoms with E-state index in [0.717, 1.165) is 6.07 Å². The van der Waals surface area contributed by atoms with Gasteiger partial charge in [0.2, 0.25) is 10.0 Å². The summed E-state index contributed by atoms with van der Waals surface area (Å²) in [6.07, 6.45) is 0.290. The number of nitrogens with one attached hydrogen (secondary N) is 1. The van der Waals surface area contributed by atoms with Gasteiger partial charge in [0.05, 0.1) is 10.5 Å². The van der Waals surface area contributed by atoms with Crippen molar-refractivity contribution in [3.05, 3.63) is 27.7 Å². The largest absolute Gasteiger partial charge is 0.478 e. The lowest BCUT2D eigenvalue weighted by molar-refractivity contribution is 0.0695. The maximum Gasteiger partial charge on any atom is 0.336 e. The van der Waals surface area contributed by atoms with E-state index >= 15 is 0 Å². The Balaban J connectivity index is 3.17. The van der Waals surface area contributed by atoms with Gasteiger partial charge in [0.25, 0.3) is 0 Å². The van der Waals surface area contributed by atoms with Gasteiger partial charge in [0.1, 0.15) is 0 Å². The Morgan fingerprint density at radius 3 is 2.58 bits per heavy atom. The van der Waals surface area contributed by atoms with Crippen LogP contribution in [0.15, 0.2) is 21.5 Å². The van der Waals surface area contributed by atoms with Gasteiger partial charge in [0, 0.05) is 17.6 Å². The van der Waals surface area contributed by atoms with Crippen molar-refractivity contribution < 1.29 is 23.4 Å². The highest BCUT2D eigenvalue weighted by Gasteiger charge is 2.19. The molecule has 1 aromatic rings. The number of halogens is 1. The molecule has 0 saturated carbocycles. The molecule has 0 aliphatic heterocycles. The van der Waals surface area contributed by atoms with E-state index in [4.69, 9.17) is 10.2 Å². The lowest BCUT2D eigenvalue weighted by atomic mass is 10.1. The molecule has 19 heavy (non-hydrogen) atoms. The molecule has 0 spiro atoms. The molecule has 8 heteroatoms. The number of sulfonamides is 1. The van der Waals surface area contributed by atoms with Gasteiger partial charge in [-0.1, -0.05) is 15.9 Å². The number of aliphatic hydroxyl groups is 1. The summed E-state index contributed by atoms with van der Waals surface area (Å²) in [5.74, 6) is -1.19. The summed E-state index contributed by atoms with van der Waals surface area (Å²) in [6.45, 7) is 1.55. The van der Waals surface area contributed by atoms with Crippen LogP contribution in [0.25, 0.3) is 0 Å². The molecule has 0 aromatic heterocycles. The van der Waals surface area contributed by atoms with E-state index in [-0.39, 0.29) is 30.0 Å². The molecule has 0 fully saturated rings. The molecule has 1 aromatic carbocycles. The van der Waals surface area contributed by atoms with Gasteiger partial charge in [-0.2, -0.15) is 0 Å². The second-order valence-electron chi connectivity index (χ2n) is 3.86. The minimum Gasteiger partial charge on any atom is -0.478 e. The normalized spacial score (nSPS) is 11.5. The number of carbonyl (C=O) groups is 1. The Morgan fingerprint density at radius 2 is 2.05 bits per heavy atom. The zero-order chi connectivity index (χ0) is 14.6. The molecule has 0 saturated heterocycles. The second-order valence-corrected chi connectivity index (χ2v) is 6.48. The van der Waals surface area contributed by atoms with E-state index in [1.807, 2.05) is 0 Å². The number of carboxylic acids is 1. The molecule has 1 rings (SSSR count). The van der Waals surface area contributed by atoms with E-state index in [9.17, 15) is 13.2 Å². The molecular formula is C11H14BrNO5S. The molecule has 0 aliphatic rings. The third-order valence-electron chi connectivity index (χ3n) is 2.49. The lowest BCUT2D eigenvalue weighted by Crippen LogP contribution is -2.25. The van der Waals surface area contributed by atoms with Crippen molar-refractivity contribution >= 4 is 31.9 Å². The van der Waals surface area contributed by atoms with E-state index in [0.29, 0.717) is 10.0 Å². The summed E-state index contributed by atoms with van der Waals surface area (Å²) in [4.78, 5) is 10.9. The molecule has 6 nitrogen and oxygen atoms in total. The third-order valence-corrected chi connectivity index (χ3v) is 4.75. The van der Waals surface area contributed by atoms with Crippen molar-refractivity contribution in [3.8, 4) is 0 Å². The summed E-state index contributed by atoms with van der Waals surface area (Å²) in [6, 6.07) is 2.47. The summed E-state index contributed by atoms with van der Waals surface area (Å²) in [5.41, 5.74) is 0.388. The van der Waals surface area contributed by atoms with Crippen molar-refractivity contribution in [3.63, 3.8) is 0 Å². The van der Waals surface area contributed by atoms with Crippen molar-refractivity contribution in [2.75, 3.05) is 13.2 Å². The molecule has 0 radical (unpaired) electrons. The highest BCUT2D eigenvalue weighted by Crippen LogP contribution is 2.24. The Labute approximate surface area is 119 Å². The Hall–Kier alpha value is -0.960. The smallest absolute Gasteiger partial charge is 0.336 e. The van der Waals surface area contributed by atoms with Crippen LogP contribution in [-0.4, -0.2) is 37.8 Å². The maximum atomic E-state index is 11.9. The predicted molar refractivity (Wildman–Crippen MR) is 72.7 cm³/mol. The van der Waals surface area contributed by atoms with Crippen LogP contribution in [-0.2, 0) is 10.0 Å². The molecule has 0 atom stereocenters. The first-order valence-corrected chi connectivity index (χ1v) is 7.71. The first kappa shape index (κ1) is 16.1. The molecule has 0 aliphatic carbocycles. The summed E-state index contributed by atoms with van der Waals surface area (Å²) < 4.78 is 26.6. The monoisotopic (exact) mass is 351 g/mol. The van der Waals surface area contributed by atoms with Crippen LogP contribution in [0.3, 0.4) is 0 Å².